The average molecular weight is 307 g/mol. The van der Waals surface area contributed by atoms with Crippen molar-refractivity contribution < 1.29 is 13.9 Å². The van der Waals surface area contributed by atoms with Gasteiger partial charge in [-0.05, 0) is 13.0 Å². The average Bonchev–Trinajstić information content (AvgIpc) is 3.09. The Morgan fingerprint density at radius 3 is 3.00 bits per heavy atom. The number of hydrogen-bond acceptors (Lipinski definition) is 6. The highest BCUT2D eigenvalue weighted by atomic mass is 32.1. The predicted octanol–water partition coefficient (Wildman–Crippen LogP) is 2.13. The number of furan rings is 1. The van der Waals surface area contributed by atoms with Gasteiger partial charge in [0, 0.05) is 30.6 Å². The first kappa shape index (κ1) is 14.2. The van der Waals surface area contributed by atoms with Gasteiger partial charge in [-0.2, -0.15) is 0 Å². The molecule has 1 aliphatic heterocycles. The molecule has 3 heterocycles. The molecule has 7 heteroatoms. The van der Waals surface area contributed by atoms with Crippen molar-refractivity contribution in [3.63, 3.8) is 0 Å². The molecule has 1 aliphatic rings. The second-order valence-corrected chi connectivity index (χ2v) is 5.78. The van der Waals surface area contributed by atoms with Gasteiger partial charge in [-0.3, -0.25) is 15.0 Å². The minimum atomic E-state index is -0.259. The van der Waals surface area contributed by atoms with Gasteiger partial charge in [0.05, 0.1) is 25.2 Å². The Morgan fingerprint density at radius 1 is 1.48 bits per heavy atom. The van der Waals surface area contributed by atoms with Crippen molar-refractivity contribution in [2.75, 3.05) is 31.6 Å². The zero-order chi connectivity index (χ0) is 14.7. The zero-order valence-corrected chi connectivity index (χ0v) is 12.6. The van der Waals surface area contributed by atoms with Crippen LogP contribution in [0.1, 0.15) is 21.8 Å². The molecule has 2 aromatic heterocycles. The topological polar surface area (TPSA) is 67.6 Å². The fourth-order valence-electron chi connectivity index (χ4n) is 2.18. The third kappa shape index (κ3) is 3.49. The molecule has 0 unspecified atom stereocenters. The van der Waals surface area contributed by atoms with E-state index in [1.54, 1.807) is 6.07 Å². The van der Waals surface area contributed by atoms with E-state index in [-0.39, 0.29) is 5.91 Å². The Balaban J connectivity index is 1.60. The van der Waals surface area contributed by atoms with E-state index in [0.717, 1.165) is 44.1 Å². The van der Waals surface area contributed by atoms with Crippen LogP contribution in [-0.4, -0.2) is 42.1 Å². The van der Waals surface area contributed by atoms with Crippen LogP contribution in [0.25, 0.3) is 0 Å². The normalized spacial score (nSPS) is 16.0. The van der Waals surface area contributed by atoms with Gasteiger partial charge >= 0.3 is 0 Å². The fourth-order valence-corrected chi connectivity index (χ4v) is 2.88. The molecule has 1 fully saturated rings. The number of nitrogens with zero attached hydrogens (tertiary/aromatic N) is 2. The molecule has 2 aromatic rings. The van der Waals surface area contributed by atoms with Crippen molar-refractivity contribution >= 4 is 22.4 Å². The summed E-state index contributed by atoms with van der Waals surface area (Å²) in [6.45, 7) is 6.01. The van der Waals surface area contributed by atoms with Gasteiger partial charge in [0.15, 0.2) is 10.9 Å². The number of hydrogen-bond donors (Lipinski definition) is 1. The zero-order valence-electron chi connectivity index (χ0n) is 11.8. The van der Waals surface area contributed by atoms with Gasteiger partial charge in [0.2, 0.25) is 0 Å². The Hall–Kier alpha value is -1.70. The highest BCUT2D eigenvalue weighted by molar-refractivity contribution is 7.13. The van der Waals surface area contributed by atoms with Crippen LogP contribution in [0, 0.1) is 6.92 Å². The number of carbonyl (C=O) groups excluding carboxylic acids is 1. The van der Waals surface area contributed by atoms with Crippen LogP contribution in [0.3, 0.4) is 0 Å². The van der Waals surface area contributed by atoms with Gasteiger partial charge in [-0.1, -0.05) is 0 Å². The Labute approximate surface area is 126 Å². The minimum absolute atomic E-state index is 0.259. The van der Waals surface area contributed by atoms with E-state index >= 15 is 0 Å². The summed E-state index contributed by atoms with van der Waals surface area (Å²) in [5.41, 5.74) is 1.78. The molecule has 0 spiro atoms. The molecule has 0 saturated carbocycles. The number of thiazole rings is 1. The summed E-state index contributed by atoms with van der Waals surface area (Å²) in [5, 5.41) is 5.34. The number of morpholine rings is 1. The van der Waals surface area contributed by atoms with E-state index in [1.165, 1.54) is 17.6 Å². The summed E-state index contributed by atoms with van der Waals surface area (Å²) >= 11 is 1.43. The lowest BCUT2D eigenvalue weighted by molar-refractivity contribution is 0.0337. The van der Waals surface area contributed by atoms with E-state index in [9.17, 15) is 4.79 Å². The molecule has 0 aliphatic carbocycles. The quantitative estimate of drug-likeness (QED) is 0.937. The van der Waals surface area contributed by atoms with E-state index in [4.69, 9.17) is 9.15 Å². The lowest BCUT2D eigenvalue weighted by atomic mass is 10.3. The second kappa shape index (κ2) is 6.38. The number of rotatable bonds is 4. The van der Waals surface area contributed by atoms with Crippen molar-refractivity contribution in [2.45, 2.75) is 13.5 Å². The standard InChI is InChI=1S/C14H17N3O3S/c1-10-2-5-20-12(10)13(18)16-14-15-11(9-21-14)8-17-3-6-19-7-4-17/h2,5,9H,3-4,6-8H2,1H3,(H,15,16,18). The monoisotopic (exact) mass is 307 g/mol. The van der Waals surface area contributed by atoms with E-state index < -0.39 is 0 Å². The fraction of sp³-hybridized carbons (Fsp3) is 0.429. The van der Waals surface area contributed by atoms with Crippen LogP contribution in [0.5, 0.6) is 0 Å². The number of aryl methyl sites for hydroxylation is 1. The van der Waals surface area contributed by atoms with Crippen molar-refractivity contribution in [1.29, 1.82) is 0 Å². The van der Waals surface area contributed by atoms with Crippen LogP contribution in [0.2, 0.25) is 0 Å². The maximum Gasteiger partial charge on any atom is 0.293 e. The first-order valence-electron chi connectivity index (χ1n) is 6.82. The number of anilines is 1. The van der Waals surface area contributed by atoms with Crippen molar-refractivity contribution in [3.05, 3.63) is 34.7 Å². The molecule has 6 nitrogen and oxygen atoms in total. The first-order valence-corrected chi connectivity index (χ1v) is 7.70. The van der Waals surface area contributed by atoms with Crippen molar-refractivity contribution in [3.8, 4) is 0 Å². The molecule has 1 N–H and O–H groups in total. The number of nitrogens with one attached hydrogen (secondary N) is 1. The van der Waals surface area contributed by atoms with Crippen LogP contribution in [0.15, 0.2) is 22.1 Å². The Kier molecular flexibility index (Phi) is 4.33. The molecular formula is C14H17N3O3S. The van der Waals surface area contributed by atoms with Gasteiger partial charge < -0.3 is 9.15 Å². The molecule has 0 aromatic carbocycles. The number of carbonyl (C=O) groups is 1. The van der Waals surface area contributed by atoms with E-state index in [2.05, 4.69) is 15.2 Å². The Bertz CT molecular complexity index is 617. The molecule has 0 radical (unpaired) electrons. The van der Waals surface area contributed by atoms with Crippen LogP contribution in [-0.2, 0) is 11.3 Å². The van der Waals surface area contributed by atoms with Crippen LogP contribution >= 0.6 is 11.3 Å². The minimum Gasteiger partial charge on any atom is -0.459 e. The highest BCUT2D eigenvalue weighted by Gasteiger charge is 2.16. The Morgan fingerprint density at radius 2 is 2.29 bits per heavy atom. The van der Waals surface area contributed by atoms with E-state index in [0.29, 0.717) is 10.9 Å². The number of amides is 1. The molecule has 0 atom stereocenters. The van der Waals surface area contributed by atoms with Crippen molar-refractivity contribution in [2.24, 2.45) is 0 Å². The predicted molar refractivity (Wildman–Crippen MR) is 79.6 cm³/mol. The molecular weight excluding hydrogens is 290 g/mol. The summed E-state index contributed by atoms with van der Waals surface area (Å²) in [6, 6.07) is 1.76. The summed E-state index contributed by atoms with van der Waals surface area (Å²) in [4.78, 5) is 18.8. The molecule has 21 heavy (non-hydrogen) atoms. The van der Waals surface area contributed by atoms with Crippen molar-refractivity contribution in [1.82, 2.24) is 9.88 Å². The smallest absolute Gasteiger partial charge is 0.293 e. The first-order chi connectivity index (χ1) is 10.2. The van der Waals surface area contributed by atoms with Gasteiger partial charge in [0.25, 0.3) is 5.91 Å². The third-order valence-electron chi connectivity index (χ3n) is 3.33. The lowest BCUT2D eigenvalue weighted by Gasteiger charge is -2.25. The number of ether oxygens (including phenoxy) is 1. The summed E-state index contributed by atoms with van der Waals surface area (Å²) in [6.07, 6.45) is 1.51. The summed E-state index contributed by atoms with van der Waals surface area (Å²) in [5.74, 6) is 0.0738. The maximum atomic E-state index is 12.0. The number of aromatic nitrogens is 1. The van der Waals surface area contributed by atoms with Gasteiger partial charge in [-0.15, -0.1) is 11.3 Å². The maximum absolute atomic E-state index is 12.0. The van der Waals surface area contributed by atoms with Crippen LogP contribution < -0.4 is 5.32 Å². The highest BCUT2D eigenvalue weighted by Crippen LogP contribution is 2.19. The molecule has 112 valence electrons. The molecule has 0 bridgehead atoms. The molecule has 3 rings (SSSR count). The third-order valence-corrected chi connectivity index (χ3v) is 4.14. The van der Waals surface area contributed by atoms with Gasteiger partial charge in [0.1, 0.15) is 0 Å². The molecule has 1 amide bonds. The summed E-state index contributed by atoms with van der Waals surface area (Å²) in [7, 11) is 0. The largest absolute Gasteiger partial charge is 0.459 e. The van der Waals surface area contributed by atoms with Crippen LogP contribution in [0.4, 0.5) is 5.13 Å². The molecule has 1 saturated heterocycles. The van der Waals surface area contributed by atoms with E-state index in [1.807, 2.05) is 12.3 Å². The summed E-state index contributed by atoms with van der Waals surface area (Å²) < 4.78 is 10.5. The van der Waals surface area contributed by atoms with Gasteiger partial charge in [-0.25, -0.2) is 4.98 Å². The SMILES string of the molecule is Cc1ccoc1C(=O)Nc1nc(CN2CCOCC2)cs1. The lowest BCUT2D eigenvalue weighted by Crippen LogP contribution is -2.35. The second-order valence-electron chi connectivity index (χ2n) is 4.92.